The molecule has 0 fully saturated rings. The number of nitrogens with zero attached hydrogens (tertiary/aromatic N) is 1. The second-order valence-corrected chi connectivity index (χ2v) is 8.52. The van der Waals surface area contributed by atoms with Crippen LogP contribution in [-0.2, 0) is 11.4 Å². The summed E-state index contributed by atoms with van der Waals surface area (Å²) in [4.78, 5) is 12.5. The lowest BCUT2D eigenvalue weighted by Crippen LogP contribution is -2.13. The van der Waals surface area contributed by atoms with E-state index in [4.69, 9.17) is 9.47 Å². The number of carbonyl (C=O) groups is 1. The van der Waals surface area contributed by atoms with Gasteiger partial charge in [0.15, 0.2) is 11.5 Å². The summed E-state index contributed by atoms with van der Waals surface area (Å²) in [6.07, 6.45) is 1.52. The maximum absolute atomic E-state index is 12.5. The van der Waals surface area contributed by atoms with Gasteiger partial charge in [-0.2, -0.15) is 5.26 Å². The van der Waals surface area contributed by atoms with Crippen LogP contribution in [0.25, 0.3) is 6.08 Å². The highest BCUT2D eigenvalue weighted by molar-refractivity contribution is 9.10. The van der Waals surface area contributed by atoms with Gasteiger partial charge in [-0.1, -0.05) is 50.1 Å². The number of nitriles is 1. The van der Waals surface area contributed by atoms with Gasteiger partial charge in [0.25, 0.3) is 5.91 Å². The van der Waals surface area contributed by atoms with Crippen molar-refractivity contribution < 1.29 is 14.3 Å². The standard InChI is InChI=1S/C25H20Br2N2O3/c1-2-31-24-14-18(5-12-23(24)32-16-17-3-6-20(26)7-4-17)13-19(15-28)25(30)29-22-10-8-21(27)9-11-22/h3-14H,2,16H2,1H3,(H,29,30)/b19-13-. The molecule has 0 heterocycles. The zero-order valence-corrected chi connectivity index (χ0v) is 20.4. The number of halogens is 2. The largest absolute Gasteiger partial charge is 0.490 e. The van der Waals surface area contributed by atoms with Crippen LogP contribution in [0.2, 0.25) is 0 Å². The van der Waals surface area contributed by atoms with Crippen LogP contribution in [0, 0.1) is 11.3 Å². The van der Waals surface area contributed by atoms with Gasteiger partial charge < -0.3 is 14.8 Å². The number of hydrogen-bond acceptors (Lipinski definition) is 4. The molecular weight excluding hydrogens is 536 g/mol. The molecule has 0 atom stereocenters. The van der Waals surface area contributed by atoms with Crippen LogP contribution in [0.3, 0.4) is 0 Å². The molecule has 0 aliphatic heterocycles. The fourth-order valence-corrected chi connectivity index (χ4v) is 3.32. The summed E-state index contributed by atoms with van der Waals surface area (Å²) in [5.41, 5.74) is 2.27. The van der Waals surface area contributed by atoms with Crippen molar-refractivity contribution in [3.05, 3.63) is 92.4 Å². The van der Waals surface area contributed by atoms with Crippen molar-refractivity contribution in [1.29, 1.82) is 5.26 Å². The van der Waals surface area contributed by atoms with E-state index in [9.17, 15) is 10.1 Å². The lowest BCUT2D eigenvalue weighted by molar-refractivity contribution is -0.112. The van der Waals surface area contributed by atoms with Crippen LogP contribution in [-0.4, -0.2) is 12.5 Å². The molecule has 162 valence electrons. The van der Waals surface area contributed by atoms with E-state index in [2.05, 4.69) is 37.2 Å². The van der Waals surface area contributed by atoms with Crippen LogP contribution < -0.4 is 14.8 Å². The van der Waals surface area contributed by atoms with Gasteiger partial charge in [-0.15, -0.1) is 0 Å². The van der Waals surface area contributed by atoms with E-state index in [-0.39, 0.29) is 5.57 Å². The van der Waals surface area contributed by atoms with E-state index in [0.29, 0.717) is 36.0 Å². The minimum atomic E-state index is -0.483. The molecule has 1 N–H and O–H groups in total. The maximum Gasteiger partial charge on any atom is 0.266 e. The minimum absolute atomic E-state index is 0.0149. The molecule has 0 unspecified atom stereocenters. The van der Waals surface area contributed by atoms with Gasteiger partial charge in [-0.25, -0.2) is 0 Å². The first-order valence-electron chi connectivity index (χ1n) is 9.81. The molecule has 3 rings (SSSR count). The lowest BCUT2D eigenvalue weighted by atomic mass is 10.1. The van der Waals surface area contributed by atoms with Crippen molar-refractivity contribution in [2.45, 2.75) is 13.5 Å². The Morgan fingerprint density at radius 3 is 2.25 bits per heavy atom. The minimum Gasteiger partial charge on any atom is -0.490 e. The van der Waals surface area contributed by atoms with Gasteiger partial charge in [-0.05, 0) is 72.7 Å². The van der Waals surface area contributed by atoms with Gasteiger partial charge >= 0.3 is 0 Å². The van der Waals surface area contributed by atoms with Gasteiger partial charge in [0.1, 0.15) is 18.2 Å². The number of hydrogen-bond donors (Lipinski definition) is 1. The summed E-state index contributed by atoms with van der Waals surface area (Å²) in [7, 11) is 0. The molecular formula is C25H20Br2N2O3. The first-order chi connectivity index (χ1) is 15.5. The second-order valence-electron chi connectivity index (χ2n) is 6.69. The number of ether oxygens (including phenoxy) is 2. The predicted octanol–water partition coefficient (Wildman–Crippen LogP) is 6.73. The third-order valence-corrected chi connectivity index (χ3v) is 5.41. The normalized spacial score (nSPS) is 10.9. The van der Waals surface area contributed by atoms with E-state index in [1.807, 2.05) is 49.4 Å². The van der Waals surface area contributed by atoms with Crippen LogP contribution in [0.4, 0.5) is 5.69 Å². The summed E-state index contributed by atoms with van der Waals surface area (Å²) in [5, 5.41) is 12.2. The van der Waals surface area contributed by atoms with Crippen molar-refractivity contribution in [1.82, 2.24) is 0 Å². The first-order valence-corrected chi connectivity index (χ1v) is 11.4. The highest BCUT2D eigenvalue weighted by Gasteiger charge is 2.12. The van der Waals surface area contributed by atoms with E-state index >= 15 is 0 Å². The number of benzene rings is 3. The van der Waals surface area contributed by atoms with Crippen molar-refractivity contribution in [3.8, 4) is 17.6 Å². The SMILES string of the molecule is CCOc1cc(/C=C(/C#N)C(=O)Nc2ccc(Br)cc2)ccc1OCc1ccc(Br)cc1. The first kappa shape index (κ1) is 23.6. The fraction of sp³-hybridized carbons (Fsp3) is 0.120. The quantitative estimate of drug-likeness (QED) is 0.247. The van der Waals surface area contributed by atoms with Crippen molar-refractivity contribution in [2.75, 3.05) is 11.9 Å². The topological polar surface area (TPSA) is 71.3 Å². The molecule has 0 saturated heterocycles. The highest BCUT2D eigenvalue weighted by atomic mass is 79.9. The molecule has 7 heteroatoms. The molecule has 1 amide bonds. The average Bonchev–Trinajstić information content (AvgIpc) is 2.79. The van der Waals surface area contributed by atoms with E-state index in [1.54, 1.807) is 30.3 Å². The zero-order valence-electron chi connectivity index (χ0n) is 17.3. The van der Waals surface area contributed by atoms with Crippen LogP contribution in [0.1, 0.15) is 18.1 Å². The number of anilines is 1. The number of rotatable bonds is 8. The Labute approximate surface area is 203 Å². The molecule has 0 aliphatic rings. The molecule has 0 saturated carbocycles. The average molecular weight is 556 g/mol. The molecule has 0 bridgehead atoms. The summed E-state index contributed by atoms with van der Waals surface area (Å²) in [5.74, 6) is 0.650. The van der Waals surface area contributed by atoms with Crippen molar-refractivity contribution >= 4 is 49.5 Å². The summed E-state index contributed by atoms with van der Waals surface area (Å²) in [6.45, 7) is 2.73. The monoisotopic (exact) mass is 554 g/mol. The zero-order chi connectivity index (χ0) is 22.9. The van der Waals surface area contributed by atoms with Gasteiger partial charge in [0.2, 0.25) is 0 Å². The van der Waals surface area contributed by atoms with Crippen LogP contribution >= 0.6 is 31.9 Å². The molecule has 3 aromatic carbocycles. The third kappa shape index (κ3) is 6.71. The molecule has 0 aliphatic carbocycles. The van der Waals surface area contributed by atoms with Crippen LogP contribution in [0.15, 0.2) is 81.2 Å². The number of amides is 1. The summed E-state index contributed by atoms with van der Waals surface area (Å²) < 4.78 is 13.6. The molecule has 3 aromatic rings. The molecule has 0 aromatic heterocycles. The highest BCUT2D eigenvalue weighted by Crippen LogP contribution is 2.30. The van der Waals surface area contributed by atoms with E-state index in [1.165, 1.54) is 6.08 Å². The van der Waals surface area contributed by atoms with E-state index < -0.39 is 5.91 Å². The smallest absolute Gasteiger partial charge is 0.266 e. The molecule has 0 spiro atoms. The van der Waals surface area contributed by atoms with Crippen molar-refractivity contribution in [2.24, 2.45) is 0 Å². The van der Waals surface area contributed by atoms with Crippen LogP contribution in [0.5, 0.6) is 11.5 Å². The Balaban J connectivity index is 1.76. The van der Waals surface area contributed by atoms with Gasteiger partial charge in [0.05, 0.1) is 6.61 Å². The third-order valence-electron chi connectivity index (χ3n) is 4.35. The van der Waals surface area contributed by atoms with Crippen molar-refractivity contribution in [3.63, 3.8) is 0 Å². The molecule has 32 heavy (non-hydrogen) atoms. The molecule has 0 radical (unpaired) electrons. The summed E-state index contributed by atoms with van der Waals surface area (Å²) >= 11 is 6.77. The number of nitrogens with one attached hydrogen (secondary N) is 1. The second kappa shape index (κ2) is 11.5. The van der Waals surface area contributed by atoms with Gasteiger partial charge in [-0.3, -0.25) is 4.79 Å². The lowest BCUT2D eigenvalue weighted by Gasteiger charge is -2.13. The Morgan fingerprint density at radius 2 is 1.62 bits per heavy atom. The Morgan fingerprint density at radius 1 is 0.969 bits per heavy atom. The summed E-state index contributed by atoms with van der Waals surface area (Å²) in [6, 6.07) is 22.3. The predicted molar refractivity (Wildman–Crippen MR) is 132 cm³/mol. The van der Waals surface area contributed by atoms with E-state index in [0.717, 1.165) is 14.5 Å². The fourth-order valence-electron chi connectivity index (χ4n) is 2.79. The number of carbonyl (C=O) groups excluding carboxylic acids is 1. The maximum atomic E-state index is 12.5. The Kier molecular flexibility index (Phi) is 8.48. The Bertz CT molecular complexity index is 1150. The molecule has 5 nitrogen and oxygen atoms in total. The Hall–Kier alpha value is -3.08. The van der Waals surface area contributed by atoms with Gasteiger partial charge in [0, 0.05) is 14.6 Å².